The predicted molar refractivity (Wildman–Crippen MR) is 115 cm³/mol. The number of aryl methyl sites for hydroxylation is 1. The number of halogens is 2. The zero-order valence-corrected chi connectivity index (χ0v) is 18.3. The average Bonchev–Trinajstić information content (AvgIpc) is 2.70. The van der Waals surface area contributed by atoms with E-state index in [1.54, 1.807) is 29.4 Å². The first-order chi connectivity index (χ1) is 14.6. The number of pyridine rings is 1. The Kier molecular flexibility index (Phi) is 6.97. The minimum Gasteiger partial charge on any atom is -0.444 e. The number of alkyl halides is 2. The van der Waals surface area contributed by atoms with Crippen LogP contribution in [0.4, 0.5) is 25.0 Å². The number of rotatable bonds is 5. The topological polar surface area (TPSA) is 54.9 Å². The lowest BCUT2D eigenvalue weighted by molar-refractivity contribution is -0.0498. The van der Waals surface area contributed by atoms with Gasteiger partial charge < -0.3 is 19.3 Å². The first-order valence-electron chi connectivity index (χ1n) is 10.4. The molecule has 3 rings (SSSR count). The molecule has 0 saturated carbocycles. The molecule has 1 saturated heterocycles. The zero-order valence-electron chi connectivity index (χ0n) is 18.3. The summed E-state index contributed by atoms with van der Waals surface area (Å²) >= 11 is 0. The summed E-state index contributed by atoms with van der Waals surface area (Å²) < 4.78 is 35.0. The van der Waals surface area contributed by atoms with Gasteiger partial charge in [0, 0.05) is 31.0 Å². The second kappa shape index (κ2) is 9.49. The van der Waals surface area contributed by atoms with Crippen molar-refractivity contribution in [2.75, 3.05) is 18.0 Å². The molecule has 0 radical (unpaired) electrons. The summed E-state index contributed by atoms with van der Waals surface area (Å²) in [6.45, 7) is 5.85. The van der Waals surface area contributed by atoms with Gasteiger partial charge >= 0.3 is 12.7 Å². The molecule has 1 aromatic carbocycles. The predicted octanol–water partition coefficient (Wildman–Crippen LogP) is 5.53. The molecule has 8 heteroatoms. The van der Waals surface area contributed by atoms with Crippen molar-refractivity contribution in [1.82, 2.24) is 9.88 Å². The molecule has 0 spiro atoms. The number of ether oxygens (including phenoxy) is 2. The molecule has 0 unspecified atom stereocenters. The van der Waals surface area contributed by atoms with E-state index in [2.05, 4.69) is 14.6 Å². The van der Waals surface area contributed by atoms with Gasteiger partial charge in [0.25, 0.3) is 0 Å². The maximum Gasteiger partial charge on any atom is 0.410 e. The highest BCUT2D eigenvalue weighted by Crippen LogP contribution is 2.35. The van der Waals surface area contributed by atoms with Gasteiger partial charge in [-0.2, -0.15) is 8.78 Å². The van der Waals surface area contributed by atoms with Crippen molar-refractivity contribution in [3.05, 3.63) is 48.3 Å². The average molecular weight is 433 g/mol. The molecule has 1 aromatic heterocycles. The monoisotopic (exact) mass is 433 g/mol. The van der Waals surface area contributed by atoms with Crippen molar-refractivity contribution in [3.63, 3.8) is 0 Å². The van der Waals surface area contributed by atoms with Gasteiger partial charge in [-0.25, -0.2) is 4.79 Å². The third kappa shape index (κ3) is 6.06. The Morgan fingerprint density at radius 2 is 1.81 bits per heavy atom. The van der Waals surface area contributed by atoms with Crippen LogP contribution in [0, 0.1) is 6.92 Å². The van der Waals surface area contributed by atoms with E-state index in [-0.39, 0.29) is 17.9 Å². The first kappa shape index (κ1) is 22.8. The Balaban J connectivity index is 1.80. The quantitative estimate of drug-likeness (QED) is 0.621. The first-order valence-corrected chi connectivity index (χ1v) is 10.4. The van der Waals surface area contributed by atoms with Crippen LogP contribution in [0.1, 0.15) is 39.2 Å². The molecule has 1 fully saturated rings. The number of hydrogen-bond acceptors (Lipinski definition) is 5. The van der Waals surface area contributed by atoms with Crippen molar-refractivity contribution in [3.8, 4) is 5.75 Å². The zero-order chi connectivity index (χ0) is 22.6. The van der Waals surface area contributed by atoms with E-state index in [1.807, 2.05) is 33.8 Å². The molecule has 2 heterocycles. The Morgan fingerprint density at radius 3 is 2.35 bits per heavy atom. The molecule has 0 N–H and O–H groups in total. The van der Waals surface area contributed by atoms with Crippen LogP contribution in [0.15, 0.2) is 42.7 Å². The summed E-state index contributed by atoms with van der Waals surface area (Å²) in [6.07, 6.45) is 4.72. The Hall–Kier alpha value is -2.90. The normalized spacial score (nSPS) is 15.1. The number of aromatic nitrogens is 1. The highest BCUT2D eigenvalue weighted by atomic mass is 19.3. The molecular weight excluding hydrogens is 404 g/mol. The number of carbonyl (C=O) groups is 1. The van der Waals surface area contributed by atoms with Crippen LogP contribution in [-0.4, -0.2) is 47.3 Å². The summed E-state index contributed by atoms with van der Waals surface area (Å²) in [5, 5.41) is 0. The summed E-state index contributed by atoms with van der Waals surface area (Å²) in [5.74, 6) is 0.112. The molecule has 1 aliphatic rings. The SMILES string of the molecule is Cc1ccncc1N(c1ccc(OC(F)F)cc1)C1CCN(C(=O)OC(C)(C)C)CC1. The van der Waals surface area contributed by atoms with Gasteiger partial charge in [0.15, 0.2) is 0 Å². The van der Waals surface area contributed by atoms with Gasteiger partial charge in [-0.05, 0) is 76.4 Å². The molecule has 6 nitrogen and oxygen atoms in total. The number of amides is 1. The fourth-order valence-corrected chi connectivity index (χ4v) is 3.68. The Bertz CT molecular complexity index is 876. The Morgan fingerprint density at radius 1 is 1.16 bits per heavy atom. The molecule has 1 aliphatic heterocycles. The highest BCUT2D eigenvalue weighted by Gasteiger charge is 2.31. The maximum absolute atomic E-state index is 12.5. The van der Waals surface area contributed by atoms with E-state index in [9.17, 15) is 13.6 Å². The van der Waals surface area contributed by atoms with Crippen molar-refractivity contribution < 1.29 is 23.0 Å². The van der Waals surface area contributed by atoms with E-state index in [4.69, 9.17) is 4.74 Å². The van der Waals surface area contributed by atoms with E-state index in [0.29, 0.717) is 13.1 Å². The second-order valence-corrected chi connectivity index (χ2v) is 8.60. The lowest BCUT2D eigenvalue weighted by Gasteiger charge is -2.40. The van der Waals surface area contributed by atoms with Crippen molar-refractivity contribution >= 4 is 17.5 Å². The third-order valence-corrected chi connectivity index (χ3v) is 5.09. The smallest absolute Gasteiger partial charge is 0.410 e. The second-order valence-electron chi connectivity index (χ2n) is 8.60. The number of benzene rings is 1. The molecule has 31 heavy (non-hydrogen) atoms. The molecule has 1 amide bonds. The lowest BCUT2D eigenvalue weighted by atomic mass is 10.0. The summed E-state index contributed by atoms with van der Waals surface area (Å²) in [4.78, 5) is 20.6. The van der Waals surface area contributed by atoms with Gasteiger partial charge in [-0.3, -0.25) is 4.98 Å². The highest BCUT2D eigenvalue weighted by molar-refractivity contribution is 5.69. The fourth-order valence-electron chi connectivity index (χ4n) is 3.68. The van der Waals surface area contributed by atoms with E-state index in [1.165, 1.54) is 12.1 Å². The number of hydrogen-bond donors (Lipinski definition) is 0. The van der Waals surface area contributed by atoms with Crippen LogP contribution in [0.5, 0.6) is 5.75 Å². The molecule has 0 atom stereocenters. The van der Waals surface area contributed by atoms with Gasteiger partial charge in [0.2, 0.25) is 0 Å². The van der Waals surface area contributed by atoms with Crippen molar-refractivity contribution in [2.45, 2.75) is 58.8 Å². The van der Waals surface area contributed by atoms with Gasteiger partial charge in [-0.15, -0.1) is 0 Å². The summed E-state index contributed by atoms with van der Waals surface area (Å²) in [5.41, 5.74) is 2.32. The van der Waals surface area contributed by atoms with Gasteiger partial charge in [-0.1, -0.05) is 0 Å². The van der Waals surface area contributed by atoms with Gasteiger partial charge in [0.05, 0.1) is 11.9 Å². The largest absolute Gasteiger partial charge is 0.444 e. The number of likely N-dealkylation sites (tertiary alicyclic amines) is 1. The maximum atomic E-state index is 12.5. The van der Waals surface area contributed by atoms with Crippen LogP contribution in [0.3, 0.4) is 0 Å². The van der Waals surface area contributed by atoms with Gasteiger partial charge in [0.1, 0.15) is 11.4 Å². The molecular formula is C23H29F2N3O3. The summed E-state index contributed by atoms with van der Waals surface area (Å²) in [7, 11) is 0. The fraction of sp³-hybridized carbons (Fsp3) is 0.478. The molecule has 0 bridgehead atoms. The minimum absolute atomic E-state index is 0.112. The Labute approximate surface area is 181 Å². The molecule has 2 aromatic rings. The number of carbonyl (C=O) groups excluding carboxylic acids is 1. The van der Waals surface area contributed by atoms with Crippen molar-refractivity contribution in [1.29, 1.82) is 0 Å². The standard InChI is InChI=1S/C23H29F2N3O3/c1-16-9-12-26-15-20(16)28(17-5-7-19(8-6-17)30-21(24)25)18-10-13-27(14-11-18)22(29)31-23(2,3)4/h5-9,12,15,18,21H,10-11,13-14H2,1-4H3. The van der Waals surface area contributed by atoms with Crippen molar-refractivity contribution in [2.24, 2.45) is 0 Å². The van der Waals surface area contributed by atoms with Crippen LogP contribution in [0.25, 0.3) is 0 Å². The third-order valence-electron chi connectivity index (χ3n) is 5.09. The van der Waals surface area contributed by atoms with Crippen LogP contribution < -0.4 is 9.64 Å². The summed E-state index contributed by atoms with van der Waals surface area (Å²) in [6, 6.07) is 8.66. The van der Waals surface area contributed by atoms with E-state index in [0.717, 1.165) is 29.8 Å². The number of nitrogens with zero attached hydrogens (tertiary/aromatic N) is 3. The van der Waals surface area contributed by atoms with E-state index < -0.39 is 12.2 Å². The number of anilines is 2. The van der Waals surface area contributed by atoms with Crippen LogP contribution in [0.2, 0.25) is 0 Å². The van der Waals surface area contributed by atoms with Crippen LogP contribution in [-0.2, 0) is 4.74 Å². The minimum atomic E-state index is -2.86. The van der Waals surface area contributed by atoms with Crippen LogP contribution >= 0.6 is 0 Å². The lowest BCUT2D eigenvalue weighted by Crippen LogP contribution is -2.47. The van der Waals surface area contributed by atoms with E-state index >= 15 is 0 Å². The molecule has 168 valence electrons. The molecule has 0 aliphatic carbocycles. The number of piperidine rings is 1.